The molecule has 24 nitrogen and oxygen atoms in total. The van der Waals surface area contributed by atoms with Gasteiger partial charge in [-0.3, -0.25) is 9.11 Å². The Labute approximate surface area is 346 Å². The normalized spacial score (nSPS) is 12.5. The molecule has 0 amide bonds. The molecule has 0 bridgehead atoms. The zero-order valence-electron chi connectivity index (χ0n) is 31.3. The number of rotatable bonds is 20. The monoisotopic (exact) mass is 913 g/mol. The third-order valence-corrected chi connectivity index (χ3v) is 11.1. The second-order valence-corrected chi connectivity index (χ2v) is 17.0. The van der Waals surface area contributed by atoms with Crippen LogP contribution in [-0.2, 0) is 43.8 Å². The number of benzene rings is 4. The van der Waals surface area contributed by atoms with Crippen LogP contribution in [0.15, 0.2) is 100.0 Å². The summed E-state index contributed by atoms with van der Waals surface area (Å²) in [6.07, 6.45) is 0. The minimum atomic E-state index is -5.01. The van der Waals surface area contributed by atoms with E-state index in [0.29, 0.717) is 12.0 Å². The quantitative estimate of drug-likeness (QED) is 0.0115. The standard InChI is InChI=1S/C32H35N9O15S4/c1-17-4-8-23(52-2)21(14-17)37-40-30-26(32(42)43)29(39-36-20-7-5-18(57-56-54-11-10-33)15-25(20)59(46,47)48)27(34)31(28(30)35)41-38-22-16-19(6-9-24(22)53-3)58(44,45)13-12-55-60(49,50)51/h4-9,14-16H,10-13,33-35H2,1-3H3,(H,42,43)(H,46,47,48)(H,49,50,51). The fourth-order valence-corrected chi connectivity index (χ4v) is 7.46. The molecular formula is C32H35N9O15S4. The second-order valence-electron chi connectivity index (χ2n) is 11.6. The van der Waals surface area contributed by atoms with Gasteiger partial charge in [0.1, 0.15) is 56.1 Å². The maximum atomic E-state index is 13.0. The number of aryl methyl sites for hydroxylation is 1. The summed E-state index contributed by atoms with van der Waals surface area (Å²) in [5, 5.41) is 34.6. The van der Waals surface area contributed by atoms with E-state index in [1.807, 2.05) is 0 Å². The summed E-state index contributed by atoms with van der Waals surface area (Å²) in [6, 6.07) is 11.5. The summed E-state index contributed by atoms with van der Waals surface area (Å²) in [5.41, 5.74) is 14.5. The minimum absolute atomic E-state index is 0.0146. The van der Waals surface area contributed by atoms with Gasteiger partial charge < -0.3 is 31.8 Å². The largest absolute Gasteiger partial charge is 0.494 e. The molecule has 60 heavy (non-hydrogen) atoms. The number of nitrogens with zero attached hydrogens (tertiary/aromatic N) is 6. The zero-order chi connectivity index (χ0) is 44.4. The molecule has 0 saturated heterocycles. The van der Waals surface area contributed by atoms with E-state index in [1.54, 1.807) is 25.1 Å². The van der Waals surface area contributed by atoms with Crippen LogP contribution in [0.4, 0.5) is 45.5 Å². The lowest BCUT2D eigenvalue weighted by molar-refractivity contribution is -0.187. The average Bonchev–Trinajstić information content (AvgIpc) is 3.17. The van der Waals surface area contributed by atoms with Gasteiger partial charge in [0.15, 0.2) is 9.84 Å². The van der Waals surface area contributed by atoms with Gasteiger partial charge in [0.05, 0.1) is 61.5 Å². The number of hydrogen-bond donors (Lipinski definition) is 6. The number of sulfone groups is 1. The van der Waals surface area contributed by atoms with E-state index in [2.05, 4.69) is 34.9 Å². The maximum Gasteiger partial charge on any atom is 0.397 e. The van der Waals surface area contributed by atoms with Crippen molar-refractivity contribution in [3.05, 3.63) is 65.7 Å². The van der Waals surface area contributed by atoms with Gasteiger partial charge >= 0.3 is 16.4 Å². The van der Waals surface area contributed by atoms with Crippen molar-refractivity contribution in [2.24, 2.45) is 36.4 Å². The number of carbonyl (C=O) groups is 1. The van der Waals surface area contributed by atoms with Crippen molar-refractivity contribution < 1.29 is 67.1 Å². The highest BCUT2D eigenvalue weighted by Gasteiger charge is 2.28. The fourth-order valence-electron chi connectivity index (χ4n) is 4.75. The molecule has 0 radical (unpaired) electrons. The number of anilines is 2. The first-order chi connectivity index (χ1) is 28.2. The van der Waals surface area contributed by atoms with E-state index in [0.717, 1.165) is 29.8 Å². The highest BCUT2D eigenvalue weighted by Crippen LogP contribution is 2.50. The molecule has 0 unspecified atom stereocenters. The molecule has 4 rings (SSSR count). The fraction of sp³-hybridized carbons (Fsp3) is 0.219. The van der Waals surface area contributed by atoms with Gasteiger partial charge in [0.2, 0.25) is 0 Å². The van der Waals surface area contributed by atoms with Crippen molar-refractivity contribution in [3.63, 3.8) is 0 Å². The lowest BCUT2D eigenvalue weighted by Gasteiger charge is -2.14. The number of aromatic carboxylic acids is 1. The number of methoxy groups -OCH3 is 2. The van der Waals surface area contributed by atoms with Crippen LogP contribution >= 0.6 is 12.0 Å². The van der Waals surface area contributed by atoms with Crippen LogP contribution in [-0.4, -0.2) is 85.2 Å². The van der Waals surface area contributed by atoms with Crippen molar-refractivity contribution >= 4 is 93.9 Å². The van der Waals surface area contributed by atoms with E-state index in [-0.39, 0.29) is 40.9 Å². The minimum Gasteiger partial charge on any atom is -0.494 e. The Balaban J connectivity index is 1.95. The highest BCUT2D eigenvalue weighted by atomic mass is 32.3. The number of nitrogen functional groups attached to an aromatic ring is 2. The van der Waals surface area contributed by atoms with Crippen molar-refractivity contribution in [2.75, 3.05) is 51.2 Å². The number of nitrogens with two attached hydrogens (primary N) is 3. The van der Waals surface area contributed by atoms with E-state index in [9.17, 15) is 39.7 Å². The third-order valence-electron chi connectivity index (χ3n) is 7.50. The first-order valence-corrected chi connectivity index (χ1v) is 21.6. The molecule has 0 heterocycles. The smallest absolute Gasteiger partial charge is 0.397 e. The Bertz CT molecular complexity index is 2700. The van der Waals surface area contributed by atoms with Crippen LogP contribution in [0.5, 0.6) is 11.5 Å². The van der Waals surface area contributed by atoms with Crippen LogP contribution in [0.2, 0.25) is 0 Å². The topological polar surface area (TPSA) is 379 Å². The van der Waals surface area contributed by atoms with Crippen molar-refractivity contribution in [3.8, 4) is 11.5 Å². The molecule has 322 valence electrons. The Morgan fingerprint density at radius 3 is 1.85 bits per heavy atom. The molecular weight excluding hydrogens is 879 g/mol. The summed E-state index contributed by atoms with van der Waals surface area (Å²) in [6.45, 7) is 0.956. The van der Waals surface area contributed by atoms with Crippen LogP contribution in [0.25, 0.3) is 0 Å². The number of azo groups is 3. The van der Waals surface area contributed by atoms with Crippen LogP contribution in [0, 0.1) is 6.92 Å². The third kappa shape index (κ3) is 12.2. The van der Waals surface area contributed by atoms with Crippen LogP contribution < -0.4 is 26.7 Å². The molecule has 0 spiro atoms. The summed E-state index contributed by atoms with van der Waals surface area (Å²) >= 11 is 0.577. The highest BCUT2D eigenvalue weighted by molar-refractivity contribution is 7.94. The van der Waals surface area contributed by atoms with Crippen molar-refractivity contribution in [1.29, 1.82) is 0 Å². The predicted molar refractivity (Wildman–Crippen MR) is 213 cm³/mol. The Morgan fingerprint density at radius 1 is 0.733 bits per heavy atom. The summed E-state index contributed by atoms with van der Waals surface area (Å²) in [7, 11) is -11.6. The van der Waals surface area contributed by atoms with Crippen molar-refractivity contribution in [2.45, 2.75) is 21.6 Å². The van der Waals surface area contributed by atoms with Crippen LogP contribution in [0.3, 0.4) is 0 Å². The van der Waals surface area contributed by atoms with Gasteiger partial charge in [-0.15, -0.1) is 30.7 Å². The summed E-state index contributed by atoms with van der Waals surface area (Å²) in [5.74, 6) is -2.42. The average molecular weight is 914 g/mol. The van der Waals surface area contributed by atoms with E-state index in [1.165, 1.54) is 26.4 Å². The van der Waals surface area contributed by atoms with Gasteiger partial charge in [0, 0.05) is 11.4 Å². The Kier molecular flexibility index (Phi) is 15.7. The SMILES string of the molecule is COc1ccc(S(=O)(=O)CCOS(=O)(=O)O)cc1N=Nc1c(N)c(N=Nc2cc(C)ccc2OC)c(C(=O)O)c(N=Nc2ccc(SOOCCN)cc2S(=O)(=O)O)c1N. The molecule has 0 atom stereocenters. The first-order valence-electron chi connectivity index (χ1n) is 16.4. The molecule has 0 saturated carbocycles. The first kappa shape index (κ1) is 47.0. The zero-order valence-corrected chi connectivity index (χ0v) is 34.6. The molecule has 0 fully saturated rings. The molecule has 0 aliphatic rings. The van der Waals surface area contributed by atoms with E-state index < -0.39 is 98.2 Å². The summed E-state index contributed by atoms with van der Waals surface area (Å²) < 4.78 is 111. The second kappa shape index (κ2) is 20.0. The van der Waals surface area contributed by atoms with Gasteiger partial charge in [0.25, 0.3) is 10.1 Å². The molecule has 0 aliphatic heterocycles. The lowest BCUT2D eigenvalue weighted by Crippen LogP contribution is -2.15. The molecule has 4 aromatic carbocycles. The van der Waals surface area contributed by atoms with Gasteiger partial charge in [-0.2, -0.15) is 21.2 Å². The number of ether oxygens (including phenoxy) is 2. The number of carboxylic acids is 1. The summed E-state index contributed by atoms with van der Waals surface area (Å²) in [4.78, 5) is 16.6. The number of hydrogen-bond acceptors (Lipinski definition) is 22. The van der Waals surface area contributed by atoms with E-state index >= 15 is 0 Å². The Hall–Kier alpha value is -5.69. The molecule has 28 heteroatoms. The predicted octanol–water partition coefficient (Wildman–Crippen LogP) is 5.87. The molecule has 0 aliphatic carbocycles. The number of carboxylic acid groups (broad SMARTS) is 1. The van der Waals surface area contributed by atoms with Crippen LogP contribution in [0.1, 0.15) is 15.9 Å². The van der Waals surface area contributed by atoms with E-state index in [4.69, 9.17) is 40.4 Å². The van der Waals surface area contributed by atoms with Gasteiger partial charge in [-0.05, 0) is 61.0 Å². The lowest BCUT2D eigenvalue weighted by atomic mass is 10.1. The molecule has 9 N–H and O–H groups in total. The molecule has 4 aromatic rings. The molecule has 0 aromatic heterocycles. The van der Waals surface area contributed by atoms with Gasteiger partial charge in [-0.25, -0.2) is 22.3 Å². The Morgan fingerprint density at radius 2 is 1.30 bits per heavy atom. The maximum absolute atomic E-state index is 13.0. The van der Waals surface area contributed by atoms with Gasteiger partial charge in [-0.1, -0.05) is 6.07 Å². The van der Waals surface area contributed by atoms with Crippen molar-refractivity contribution in [1.82, 2.24) is 0 Å².